The van der Waals surface area contributed by atoms with Crippen LogP contribution < -0.4 is 10.0 Å². The minimum absolute atomic E-state index is 0.102. The number of rotatable bonds is 4. The SMILES string of the molecule is Cc1cc(NC(=O)N2CCOCC2CNS(C)(=O)=O)nnc1C. The van der Waals surface area contributed by atoms with Crippen LogP contribution in [0, 0.1) is 13.8 Å². The molecule has 1 aliphatic rings. The summed E-state index contributed by atoms with van der Waals surface area (Å²) in [5, 5.41) is 10.6. The van der Waals surface area contributed by atoms with Gasteiger partial charge in [-0.3, -0.25) is 5.32 Å². The molecule has 1 aromatic heterocycles. The lowest BCUT2D eigenvalue weighted by Gasteiger charge is -2.35. The van der Waals surface area contributed by atoms with Gasteiger partial charge in [0.15, 0.2) is 5.82 Å². The molecule has 128 valence electrons. The molecule has 0 aliphatic carbocycles. The summed E-state index contributed by atoms with van der Waals surface area (Å²) in [7, 11) is -3.33. The molecule has 2 heterocycles. The number of urea groups is 1. The second-order valence-corrected chi connectivity index (χ2v) is 7.30. The van der Waals surface area contributed by atoms with E-state index >= 15 is 0 Å². The van der Waals surface area contributed by atoms with Gasteiger partial charge in [-0.1, -0.05) is 0 Å². The molecule has 1 aliphatic heterocycles. The quantitative estimate of drug-likeness (QED) is 0.788. The van der Waals surface area contributed by atoms with E-state index in [1.165, 1.54) is 0 Å². The van der Waals surface area contributed by atoms with Gasteiger partial charge < -0.3 is 9.64 Å². The average molecular weight is 343 g/mol. The Morgan fingerprint density at radius 3 is 2.83 bits per heavy atom. The van der Waals surface area contributed by atoms with Crippen molar-refractivity contribution in [2.75, 3.05) is 37.9 Å². The van der Waals surface area contributed by atoms with Crippen LogP contribution in [0.1, 0.15) is 11.3 Å². The van der Waals surface area contributed by atoms with E-state index < -0.39 is 10.0 Å². The summed E-state index contributed by atoms with van der Waals surface area (Å²) in [4.78, 5) is 14.0. The van der Waals surface area contributed by atoms with Crippen LogP contribution in [-0.4, -0.2) is 68.1 Å². The van der Waals surface area contributed by atoms with Crippen LogP contribution in [0.5, 0.6) is 0 Å². The highest BCUT2D eigenvalue weighted by atomic mass is 32.2. The number of ether oxygens (including phenoxy) is 1. The van der Waals surface area contributed by atoms with Gasteiger partial charge in [-0.05, 0) is 25.5 Å². The van der Waals surface area contributed by atoms with Crippen molar-refractivity contribution < 1.29 is 17.9 Å². The third kappa shape index (κ3) is 5.12. The molecule has 1 fully saturated rings. The number of sulfonamides is 1. The number of nitrogens with one attached hydrogen (secondary N) is 2. The molecule has 10 heteroatoms. The molecule has 0 aromatic carbocycles. The van der Waals surface area contributed by atoms with Gasteiger partial charge in [0.1, 0.15) is 0 Å². The van der Waals surface area contributed by atoms with Crippen molar-refractivity contribution in [3.8, 4) is 0 Å². The summed E-state index contributed by atoms with van der Waals surface area (Å²) >= 11 is 0. The van der Waals surface area contributed by atoms with Gasteiger partial charge in [-0.2, -0.15) is 5.10 Å². The zero-order valence-electron chi connectivity index (χ0n) is 13.4. The van der Waals surface area contributed by atoms with Crippen LogP contribution in [0.15, 0.2) is 6.07 Å². The minimum atomic E-state index is -3.33. The van der Waals surface area contributed by atoms with Crippen LogP contribution in [0.25, 0.3) is 0 Å². The molecular weight excluding hydrogens is 322 g/mol. The maximum absolute atomic E-state index is 12.4. The maximum atomic E-state index is 12.4. The van der Waals surface area contributed by atoms with Gasteiger partial charge in [-0.25, -0.2) is 17.9 Å². The van der Waals surface area contributed by atoms with Gasteiger partial charge >= 0.3 is 6.03 Å². The van der Waals surface area contributed by atoms with Gasteiger partial charge in [0.05, 0.1) is 31.2 Å². The predicted octanol–water partition coefficient (Wildman–Crippen LogP) is -0.125. The first-order valence-electron chi connectivity index (χ1n) is 7.17. The van der Waals surface area contributed by atoms with E-state index in [0.29, 0.717) is 19.0 Å². The lowest BCUT2D eigenvalue weighted by atomic mass is 10.2. The summed E-state index contributed by atoms with van der Waals surface area (Å²) < 4.78 is 30.2. The molecule has 23 heavy (non-hydrogen) atoms. The Labute approximate surface area is 135 Å². The first kappa shape index (κ1) is 17.6. The highest BCUT2D eigenvalue weighted by Crippen LogP contribution is 2.12. The molecule has 2 amide bonds. The third-order valence-electron chi connectivity index (χ3n) is 3.54. The van der Waals surface area contributed by atoms with Crippen LogP contribution in [0.4, 0.5) is 10.6 Å². The van der Waals surface area contributed by atoms with Crippen LogP contribution in [0.3, 0.4) is 0 Å². The van der Waals surface area contributed by atoms with Crippen LogP contribution in [0.2, 0.25) is 0 Å². The lowest BCUT2D eigenvalue weighted by Crippen LogP contribution is -2.54. The number of carbonyl (C=O) groups is 1. The highest BCUT2D eigenvalue weighted by molar-refractivity contribution is 7.88. The van der Waals surface area contributed by atoms with Crippen molar-refractivity contribution in [2.45, 2.75) is 19.9 Å². The third-order valence-corrected chi connectivity index (χ3v) is 4.23. The van der Waals surface area contributed by atoms with Crippen molar-refractivity contribution in [1.82, 2.24) is 19.8 Å². The molecule has 2 rings (SSSR count). The van der Waals surface area contributed by atoms with Gasteiger partial charge in [0, 0.05) is 13.1 Å². The second kappa shape index (κ2) is 7.20. The Morgan fingerprint density at radius 1 is 1.43 bits per heavy atom. The zero-order chi connectivity index (χ0) is 17.0. The highest BCUT2D eigenvalue weighted by Gasteiger charge is 2.28. The summed E-state index contributed by atoms with van der Waals surface area (Å²) in [5.74, 6) is 0.361. The summed E-state index contributed by atoms with van der Waals surface area (Å²) in [6.07, 6.45) is 1.08. The molecule has 2 N–H and O–H groups in total. The van der Waals surface area contributed by atoms with Crippen molar-refractivity contribution in [1.29, 1.82) is 0 Å². The summed E-state index contributed by atoms with van der Waals surface area (Å²) in [6.45, 7) is 4.87. The van der Waals surface area contributed by atoms with E-state index in [1.807, 2.05) is 13.8 Å². The molecule has 1 atom stereocenters. The second-order valence-electron chi connectivity index (χ2n) is 5.47. The van der Waals surface area contributed by atoms with Gasteiger partial charge in [0.2, 0.25) is 10.0 Å². The minimum Gasteiger partial charge on any atom is -0.377 e. The molecule has 9 nitrogen and oxygen atoms in total. The number of anilines is 1. The fraction of sp³-hybridized carbons (Fsp3) is 0.615. The Morgan fingerprint density at radius 2 is 2.17 bits per heavy atom. The first-order chi connectivity index (χ1) is 10.8. The number of nitrogens with zero attached hydrogens (tertiary/aromatic N) is 3. The monoisotopic (exact) mass is 343 g/mol. The van der Waals surface area contributed by atoms with Gasteiger partial charge in [0.25, 0.3) is 0 Å². The van der Waals surface area contributed by atoms with E-state index in [0.717, 1.165) is 17.5 Å². The standard InChI is InChI=1S/C13H21N5O4S/c1-9-6-12(17-16-10(9)2)15-13(19)18-4-5-22-8-11(18)7-14-23(3,20)21/h6,11,14H,4-5,7-8H2,1-3H3,(H,15,17,19). The number of aromatic nitrogens is 2. The van der Waals surface area contributed by atoms with Gasteiger partial charge in [-0.15, -0.1) is 5.10 Å². The Balaban J connectivity index is 2.03. The molecule has 1 saturated heterocycles. The molecule has 0 saturated carbocycles. The van der Waals surface area contributed by atoms with E-state index in [9.17, 15) is 13.2 Å². The molecule has 0 spiro atoms. The number of morpholine rings is 1. The maximum Gasteiger partial charge on any atom is 0.323 e. The number of hydrogen-bond acceptors (Lipinski definition) is 6. The number of carbonyl (C=O) groups excluding carboxylic acids is 1. The summed E-state index contributed by atoms with van der Waals surface area (Å²) in [6, 6.07) is 1.01. The molecular formula is C13H21N5O4S. The molecule has 1 aromatic rings. The number of amides is 2. The Hall–Kier alpha value is -1.78. The van der Waals surface area contributed by atoms with Crippen molar-refractivity contribution >= 4 is 21.9 Å². The molecule has 0 bridgehead atoms. The Bertz CT molecular complexity index is 679. The zero-order valence-corrected chi connectivity index (χ0v) is 14.2. The first-order valence-corrected chi connectivity index (χ1v) is 9.06. The van der Waals surface area contributed by atoms with Crippen molar-refractivity contribution in [3.05, 3.63) is 17.3 Å². The summed E-state index contributed by atoms with van der Waals surface area (Å²) in [5.41, 5.74) is 1.72. The average Bonchev–Trinajstić information content (AvgIpc) is 2.48. The van der Waals surface area contributed by atoms with Crippen LogP contribution >= 0.6 is 0 Å². The fourth-order valence-electron chi connectivity index (χ4n) is 2.13. The largest absolute Gasteiger partial charge is 0.377 e. The lowest BCUT2D eigenvalue weighted by molar-refractivity contribution is 0.0176. The van der Waals surface area contributed by atoms with E-state index in [4.69, 9.17) is 4.74 Å². The predicted molar refractivity (Wildman–Crippen MR) is 84.7 cm³/mol. The van der Waals surface area contributed by atoms with E-state index in [1.54, 1.807) is 11.0 Å². The van der Waals surface area contributed by atoms with Crippen molar-refractivity contribution in [3.63, 3.8) is 0 Å². The van der Waals surface area contributed by atoms with E-state index in [-0.39, 0.29) is 25.2 Å². The Kier molecular flexibility index (Phi) is 5.50. The number of hydrogen-bond donors (Lipinski definition) is 2. The smallest absolute Gasteiger partial charge is 0.323 e. The molecule has 1 unspecified atom stereocenters. The normalized spacial score (nSPS) is 18.7. The molecule has 0 radical (unpaired) electrons. The van der Waals surface area contributed by atoms with Crippen molar-refractivity contribution in [2.24, 2.45) is 0 Å². The fourth-order valence-corrected chi connectivity index (χ4v) is 2.62. The topological polar surface area (TPSA) is 114 Å². The number of aryl methyl sites for hydroxylation is 2. The van der Waals surface area contributed by atoms with Crippen LogP contribution in [-0.2, 0) is 14.8 Å². The van der Waals surface area contributed by atoms with E-state index in [2.05, 4.69) is 20.2 Å².